The third-order valence-corrected chi connectivity index (χ3v) is 15.0. The maximum Gasteiger partial charge on any atom is 0.186 e. The average Bonchev–Trinajstić information content (AvgIpc) is 2.95. The molecular formula is C36H58O8. The minimum absolute atomic E-state index is 0.0149. The van der Waals surface area contributed by atoms with Gasteiger partial charge < -0.3 is 35.0 Å². The second-order valence-corrected chi connectivity index (χ2v) is 17.8. The summed E-state index contributed by atoms with van der Waals surface area (Å²) in [5.74, 6) is 1.33. The van der Waals surface area contributed by atoms with Crippen molar-refractivity contribution in [3.63, 3.8) is 0 Å². The van der Waals surface area contributed by atoms with Crippen LogP contribution in [-0.2, 0) is 14.3 Å². The Balaban J connectivity index is 1.29. The van der Waals surface area contributed by atoms with E-state index in [-0.39, 0.29) is 39.6 Å². The van der Waals surface area contributed by atoms with Crippen LogP contribution in [0.5, 0.6) is 0 Å². The second kappa shape index (κ2) is 10.6. The smallest absolute Gasteiger partial charge is 0.186 e. The molecule has 1 saturated heterocycles. The van der Waals surface area contributed by atoms with Gasteiger partial charge in [-0.05, 0) is 90.8 Å². The van der Waals surface area contributed by atoms with E-state index in [0.717, 1.165) is 44.9 Å². The molecule has 0 aromatic rings. The minimum Gasteiger partial charge on any atom is -0.394 e. The van der Waals surface area contributed by atoms with Crippen LogP contribution in [0, 0.1) is 50.2 Å². The summed E-state index contributed by atoms with van der Waals surface area (Å²) in [4.78, 5) is 13.6. The minimum atomic E-state index is -1.50. The third kappa shape index (κ3) is 4.44. The van der Waals surface area contributed by atoms with Crippen molar-refractivity contribution in [3.8, 4) is 0 Å². The highest BCUT2D eigenvalue weighted by atomic mass is 16.7. The summed E-state index contributed by atoms with van der Waals surface area (Å²) in [6, 6.07) is 0. The van der Waals surface area contributed by atoms with Crippen LogP contribution in [-0.4, -0.2) is 81.3 Å². The van der Waals surface area contributed by atoms with E-state index in [1.807, 2.05) is 0 Å². The predicted octanol–water partition coefficient (Wildman–Crippen LogP) is 4.14. The van der Waals surface area contributed by atoms with Gasteiger partial charge in [0, 0.05) is 17.3 Å². The van der Waals surface area contributed by atoms with E-state index >= 15 is 0 Å². The summed E-state index contributed by atoms with van der Waals surface area (Å²) in [5.41, 5.74) is 0.717. The van der Waals surface area contributed by atoms with Crippen LogP contribution in [0.4, 0.5) is 0 Å². The van der Waals surface area contributed by atoms with Crippen molar-refractivity contribution >= 4 is 5.78 Å². The van der Waals surface area contributed by atoms with Gasteiger partial charge in [-0.2, -0.15) is 0 Å². The lowest BCUT2D eigenvalue weighted by molar-refractivity contribution is -0.315. The lowest BCUT2D eigenvalue weighted by Gasteiger charge is -2.71. The van der Waals surface area contributed by atoms with Crippen LogP contribution in [0.2, 0.25) is 0 Å². The first-order valence-electron chi connectivity index (χ1n) is 17.2. The SMILES string of the molecule is CC1(C)CC(=O)[C@]2(C)CC[C@]3(C)C(=CC[C@@H]4[C@@]5(C)CC[C@H](O)[C@](C)(CO[C@@H]6O[C@H](CO)[C@@H](O)[C@H](O)[C@H]6O)[C@@H]5CC[C@]43C)[C@@H]2C1. The lowest BCUT2D eigenvalue weighted by Crippen LogP contribution is -2.66. The van der Waals surface area contributed by atoms with E-state index < -0.39 is 48.8 Å². The quantitative estimate of drug-likeness (QED) is 0.297. The average molecular weight is 619 g/mol. The Bertz CT molecular complexity index is 1180. The van der Waals surface area contributed by atoms with Gasteiger partial charge in [0.15, 0.2) is 6.29 Å². The van der Waals surface area contributed by atoms with Crippen LogP contribution >= 0.6 is 0 Å². The highest BCUT2D eigenvalue weighted by molar-refractivity contribution is 5.87. The van der Waals surface area contributed by atoms with Gasteiger partial charge in [-0.1, -0.05) is 60.1 Å². The molecule has 0 bridgehead atoms. The number of carbonyl (C=O) groups is 1. The molecule has 0 unspecified atom stereocenters. The number of rotatable bonds is 4. The Labute approximate surface area is 263 Å². The largest absolute Gasteiger partial charge is 0.394 e. The number of aliphatic hydroxyl groups excluding tert-OH is 5. The van der Waals surface area contributed by atoms with Crippen LogP contribution in [0.3, 0.4) is 0 Å². The molecule has 1 heterocycles. The Kier molecular flexibility index (Phi) is 7.94. The van der Waals surface area contributed by atoms with Gasteiger partial charge in [-0.25, -0.2) is 0 Å². The van der Waals surface area contributed by atoms with Gasteiger partial charge in [0.2, 0.25) is 0 Å². The first-order chi connectivity index (χ1) is 20.4. The van der Waals surface area contributed by atoms with Crippen molar-refractivity contribution in [2.45, 2.75) is 143 Å². The number of aliphatic hydroxyl groups is 5. The maximum atomic E-state index is 13.6. The van der Waals surface area contributed by atoms with E-state index in [4.69, 9.17) is 9.47 Å². The Morgan fingerprint density at radius 2 is 1.59 bits per heavy atom. The van der Waals surface area contributed by atoms with Gasteiger partial charge in [0.1, 0.15) is 30.2 Å². The molecule has 0 aromatic carbocycles. The molecule has 14 atom stereocenters. The second-order valence-electron chi connectivity index (χ2n) is 17.8. The predicted molar refractivity (Wildman–Crippen MR) is 165 cm³/mol. The molecular weight excluding hydrogens is 560 g/mol. The van der Waals surface area contributed by atoms with Gasteiger partial charge >= 0.3 is 0 Å². The van der Waals surface area contributed by atoms with Crippen molar-refractivity contribution in [3.05, 3.63) is 11.6 Å². The van der Waals surface area contributed by atoms with E-state index in [9.17, 15) is 30.3 Å². The van der Waals surface area contributed by atoms with Gasteiger partial charge in [0.25, 0.3) is 0 Å². The number of hydrogen-bond acceptors (Lipinski definition) is 8. The van der Waals surface area contributed by atoms with E-state index in [2.05, 4.69) is 54.5 Å². The molecule has 6 rings (SSSR count). The highest BCUT2D eigenvalue weighted by Gasteiger charge is 2.69. The summed E-state index contributed by atoms with van der Waals surface area (Å²) in [7, 11) is 0. The van der Waals surface area contributed by atoms with Gasteiger partial charge in [-0.15, -0.1) is 0 Å². The molecule has 0 amide bonds. The number of hydrogen-bond donors (Lipinski definition) is 5. The third-order valence-electron chi connectivity index (χ3n) is 15.0. The zero-order chi connectivity index (χ0) is 32.3. The van der Waals surface area contributed by atoms with Crippen molar-refractivity contribution in [1.29, 1.82) is 0 Å². The Morgan fingerprint density at radius 1 is 0.886 bits per heavy atom. The Hall–Kier alpha value is -0.870. The van der Waals surface area contributed by atoms with E-state index in [1.165, 1.54) is 5.57 Å². The van der Waals surface area contributed by atoms with Crippen molar-refractivity contribution in [2.24, 2.45) is 50.2 Å². The fraction of sp³-hybridized carbons (Fsp3) is 0.917. The van der Waals surface area contributed by atoms with Crippen LogP contribution < -0.4 is 0 Å². The normalized spacial score (nSPS) is 55.2. The monoisotopic (exact) mass is 618 g/mol. The number of ether oxygens (including phenoxy) is 2. The van der Waals surface area contributed by atoms with Gasteiger partial charge in [0.05, 0.1) is 19.3 Å². The number of Topliss-reactive ketones (excluding diaryl/α,β-unsaturated/α-hetero) is 1. The summed E-state index contributed by atoms with van der Waals surface area (Å²) in [6.07, 6.45) is 3.59. The van der Waals surface area contributed by atoms with Crippen LogP contribution in [0.1, 0.15) is 106 Å². The molecule has 5 aliphatic carbocycles. The molecule has 5 N–H and O–H groups in total. The molecule has 4 saturated carbocycles. The number of fused-ring (bicyclic) bond motifs is 7. The molecule has 0 spiro atoms. The molecule has 44 heavy (non-hydrogen) atoms. The molecule has 8 nitrogen and oxygen atoms in total. The molecule has 0 radical (unpaired) electrons. The Morgan fingerprint density at radius 3 is 2.27 bits per heavy atom. The zero-order valence-corrected chi connectivity index (χ0v) is 28.0. The van der Waals surface area contributed by atoms with Crippen molar-refractivity contribution in [2.75, 3.05) is 13.2 Å². The topological polar surface area (TPSA) is 137 Å². The van der Waals surface area contributed by atoms with Crippen LogP contribution in [0.15, 0.2) is 11.6 Å². The summed E-state index contributed by atoms with van der Waals surface area (Å²) in [6.45, 7) is 15.9. The highest BCUT2D eigenvalue weighted by Crippen LogP contribution is 2.75. The first-order valence-corrected chi connectivity index (χ1v) is 17.2. The fourth-order valence-electron chi connectivity index (χ4n) is 11.9. The molecule has 6 aliphatic rings. The molecule has 5 fully saturated rings. The fourth-order valence-corrected chi connectivity index (χ4v) is 11.9. The van der Waals surface area contributed by atoms with Crippen molar-refractivity contribution < 1.29 is 39.8 Å². The first kappa shape index (κ1) is 33.0. The summed E-state index contributed by atoms with van der Waals surface area (Å²) < 4.78 is 11.8. The number of allylic oxidation sites excluding steroid dienone is 2. The van der Waals surface area contributed by atoms with Gasteiger partial charge in [-0.3, -0.25) is 4.79 Å². The summed E-state index contributed by atoms with van der Waals surface area (Å²) >= 11 is 0. The molecule has 1 aliphatic heterocycles. The zero-order valence-electron chi connectivity index (χ0n) is 28.0. The molecule has 8 heteroatoms. The van der Waals surface area contributed by atoms with Crippen LogP contribution in [0.25, 0.3) is 0 Å². The molecule has 0 aromatic heterocycles. The summed E-state index contributed by atoms with van der Waals surface area (Å²) in [5, 5.41) is 52.3. The van der Waals surface area contributed by atoms with E-state index in [0.29, 0.717) is 30.5 Å². The van der Waals surface area contributed by atoms with E-state index in [1.54, 1.807) is 0 Å². The number of carbonyl (C=O) groups excluding carboxylic acids is 1. The molecule has 250 valence electrons. The standard InChI is InChI=1S/C36H58O8/c1-31(2)16-21-20-8-9-24-33(4)12-11-25(38)34(5,19-43-30-29(42)28(41)27(40)22(18-37)44-30)23(33)10-13-36(24,7)35(20,6)15-14-32(21,3)26(39)17-31/h8,21-25,27-30,37-38,40-42H,9-19H2,1-7H3/t21-,22+,23+,24+,25-,27+,28-,29+,30+,32+,33-,34+,35+,36+/m0/s1. The maximum absolute atomic E-state index is 13.6. The lowest BCUT2D eigenvalue weighted by atomic mass is 9.33. The van der Waals surface area contributed by atoms with Crippen molar-refractivity contribution in [1.82, 2.24) is 0 Å². The number of ketones is 1.